The third kappa shape index (κ3) is 6.58. The van der Waals surface area contributed by atoms with Crippen molar-refractivity contribution < 1.29 is 9.53 Å². The molecule has 0 aliphatic heterocycles. The number of carbonyl (C=O) groups is 1. The molecule has 0 fully saturated rings. The molecule has 6 nitrogen and oxygen atoms in total. The number of carbonyl (C=O) groups excluding carboxylic acids is 1. The van der Waals surface area contributed by atoms with Crippen molar-refractivity contribution in [3.05, 3.63) is 22.7 Å². The van der Waals surface area contributed by atoms with Crippen molar-refractivity contribution in [1.29, 1.82) is 5.26 Å². The standard InChI is InChI=1S/C14H19BrN4O2/c1-21-8-7-19(6-2-5-16)10-14(20)18-13-4-3-11(17)9-12(13)15/h3-4,9H,2,6-8,10,17H2,1H3,(H,18,20). The summed E-state index contributed by atoms with van der Waals surface area (Å²) in [5, 5.41) is 11.5. The number of nitrogens with two attached hydrogens (primary N) is 1. The number of nitrogens with zero attached hydrogens (tertiary/aromatic N) is 2. The molecule has 114 valence electrons. The van der Waals surface area contributed by atoms with Crippen LogP contribution in [0.25, 0.3) is 0 Å². The Hall–Kier alpha value is -1.62. The van der Waals surface area contributed by atoms with E-state index in [4.69, 9.17) is 15.7 Å². The quantitative estimate of drug-likeness (QED) is 0.695. The minimum atomic E-state index is -0.144. The molecule has 1 aromatic rings. The highest BCUT2D eigenvalue weighted by molar-refractivity contribution is 9.10. The summed E-state index contributed by atoms with van der Waals surface area (Å²) in [5.74, 6) is -0.144. The number of benzene rings is 1. The van der Waals surface area contributed by atoms with Crippen molar-refractivity contribution in [3.63, 3.8) is 0 Å². The van der Waals surface area contributed by atoms with Crippen molar-refractivity contribution >= 4 is 33.2 Å². The summed E-state index contributed by atoms with van der Waals surface area (Å²) in [6.45, 7) is 1.87. The lowest BCUT2D eigenvalue weighted by atomic mass is 10.3. The van der Waals surface area contributed by atoms with E-state index in [1.165, 1.54) is 0 Å². The second-order valence-corrected chi connectivity index (χ2v) is 5.32. The van der Waals surface area contributed by atoms with Gasteiger partial charge in [0.05, 0.1) is 24.9 Å². The SMILES string of the molecule is COCCN(CCC#N)CC(=O)Nc1ccc(N)cc1Br. The van der Waals surface area contributed by atoms with Crippen LogP contribution in [0.1, 0.15) is 6.42 Å². The maximum absolute atomic E-state index is 12.1. The summed E-state index contributed by atoms with van der Waals surface area (Å²) in [6.07, 6.45) is 0.378. The third-order valence-corrected chi connectivity index (χ3v) is 3.44. The first kappa shape index (κ1) is 17.4. The van der Waals surface area contributed by atoms with Crippen LogP contribution in [-0.2, 0) is 9.53 Å². The maximum atomic E-state index is 12.1. The second kappa shape index (κ2) is 9.34. The number of ether oxygens (including phenoxy) is 1. The molecule has 0 unspecified atom stereocenters. The predicted molar refractivity (Wildman–Crippen MR) is 85.7 cm³/mol. The van der Waals surface area contributed by atoms with E-state index in [1.807, 2.05) is 4.90 Å². The van der Waals surface area contributed by atoms with Crippen molar-refractivity contribution in [1.82, 2.24) is 4.90 Å². The third-order valence-electron chi connectivity index (χ3n) is 2.79. The van der Waals surface area contributed by atoms with E-state index in [2.05, 4.69) is 27.3 Å². The number of rotatable bonds is 8. The van der Waals surface area contributed by atoms with Crippen LogP contribution in [0.4, 0.5) is 11.4 Å². The highest BCUT2D eigenvalue weighted by atomic mass is 79.9. The smallest absolute Gasteiger partial charge is 0.238 e. The maximum Gasteiger partial charge on any atom is 0.238 e. The summed E-state index contributed by atoms with van der Waals surface area (Å²) in [4.78, 5) is 13.9. The molecule has 0 atom stereocenters. The zero-order chi connectivity index (χ0) is 15.7. The number of hydrogen-bond donors (Lipinski definition) is 2. The molecule has 3 N–H and O–H groups in total. The van der Waals surface area contributed by atoms with E-state index in [9.17, 15) is 4.79 Å². The second-order valence-electron chi connectivity index (χ2n) is 4.46. The Kier molecular flexibility index (Phi) is 7.75. The molecule has 0 saturated carbocycles. The van der Waals surface area contributed by atoms with Crippen LogP contribution in [0.15, 0.2) is 22.7 Å². The molecule has 0 spiro atoms. The van der Waals surface area contributed by atoms with Gasteiger partial charge in [-0.25, -0.2) is 0 Å². The van der Waals surface area contributed by atoms with E-state index >= 15 is 0 Å². The van der Waals surface area contributed by atoms with Gasteiger partial charge in [-0.2, -0.15) is 5.26 Å². The van der Waals surface area contributed by atoms with E-state index in [0.29, 0.717) is 37.5 Å². The minimum Gasteiger partial charge on any atom is -0.399 e. The van der Waals surface area contributed by atoms with Crippen LogP contribution in [0.3, 0.4) is 0 Å². The first-order chi connectivity index (χ1) is 10.1. The van der Waals surface area contributed by atoms with Gasteiger partial charge in [0.1, 0.15) is 0 Å². The zero-order valence-electron chi connectivity index (χ0n) is 11.9. The van der Waals surface area contributed by atoms with E-state index in [-0.39, 0.29) is 12.5 Å². The molecule has 0 aromatic heterocycles. The Bertz CT molecular complexity index is 516. The number of methoxy groups -OCH3 is 1. The predicted octanol–water partition coefficient (Wildman–Crippen LogP) is 1.83. The lowest BCUT2D eigenvalue weighted by Crippen LogP contribution is -2.36. The van der Waals surface area contributed by atoms with Gasteiger partial charge in [0.2, 0.25) is 5.91 Å². The Labute approximate surface area is 133 Å². The molecule has 1 amide bonds. The van der Waals surface area contributed by atoms with Gasteiger partial charge in [-0.15, -0.1) is 0 Å². The van der Waals surface area contributed by atoms with Crippen LogP contribution in [0.2, 0.25) is 0 Å². The van der Waals surface area contributed by atoms with Crippen LogP contribution < -0.4 is 11.1 Å². The van der Waals surface area contributed by atoms with Gasteiger partial charge in [0.15, 0.2) is 0 Å². The van der Waals surface area contributed by atoms with Crippen molar-refractivity contribution in [2.45, 2.75) is 6.42 Å². The summed E-state index contributed by atoms with van der Waals surface area (Å²) in [5.41, 5.74) is 6.94. The fourth-order valence-electron chi connectivity index (χ4n) is 1.72. The summed E-state index contributed by atoms with van der Waals surface area (Å²) in [7, 11) is 1.61. The number of amides is 1. The highest BCUT2D eigenvalue weighted by Gasteiger charge is 2.12. The number of halogens is 1. The summed E-state index contributed by atoms with van der Waals surface area (Å²) in [6, 6.07) is 7.27. The van der Waals surface area contributed by atoms with Crippen LogP contribution >= 0.6 is 15.9 Å². The average molecular weight is 355 g/mol. The van der Waals surface area contributed by atoms with E-state index in [0.717, 1.165) is 4.47 Å². The Morgan fingerprint density at radius 1 is 1.52 bits per heavy atom. The van der Waals surface area contributed by atoms with E-state index in [1.54, 1.807) is 25.3 Å². The number of nitrogen functional groups attached to an aromatic ring is 1. The lowest BCUT2D eigenvalue weighted by molar-refractivity contribution is -0.117. The Morgan fingerprint density at radius 2 is 2.29 bits per heavy atom. The molecule has 0 aliphatic carbocycles. The van der Waals surface area contributed by atoms with Gasteiger partial charge in [0.25, 0.3) is 0 Å². The largest absolute Gasteiger partial charge is 0.399 e. The first-order valence-electron chi connectivity index (χ1n) is 6.50. The normalized spacial score (nSPS) is 10.4. The molecule has 0 heterocycles. The first-order valence-corrected chi connectivity index (χ1v) is 7.29. The zero-order valence-corrected chi connectivity index (χ0v) is 13.5. The molecule has 0 aliphatic rings. The Morgan fingerprint density at radius 3 is 2.90 bits per heavy atom. The number of anilines is 2. The van der Waals surface area contributed by atoms with Crippen LogP contribution in [0.5, 0.6) is 0 Å². The number of hydrogen-bond acceptors (Lipinski definition) is 5. The Balaban J connectivity index is 2.58. The van der Waals surface area contributed by atoms with Crippen LogP contribution in [-0.4, -0.2) is 44.2 Å². The van der Waals surface area contributed by atoms with Gasteiger partial charge < -0.3 is 15.8 Å². The minimum absolute atomic E-state index is 0.144. The molecule has 1 aromatic carbocycles. The summed E-state index contributed by atoms with van der Waals surface area (Å²) < 4.78 is 5.74. The average Bonchev–Trinajstić information content (AvgIpc) is 2.45. The van der Waals surface area contributed by atoms with Gasteiger partial charge in [-0.3, -0.25) is 9.69 Å². The molecular weight excluding hydrogens is 336 g/mol. The van der Waals surface area contributed by atoms with Crippen molar-refractivity contribution in [3.8, 4) is 6.07 Å². The molecule has 0 bridgehead atoms. The molecule has 21 heavy (non-hydrogen) atoms. The molecule has 1 rings (SSSR count). The fraction of sp³-hybridized carbons (Fsp3) is 0.429. The number of nitriles is 1. The topological polar surface area (TPSA) is 91.4 Å². The van der Waals surface area contributed by atoms with Crippen LogP contribution in [0, 0.1) is 11.3 Å². The highest BCUT2D eigenvalue weighted by Crippen LogP contribution is 2.24. The molecule has 0 radical (unpaired) electrons. The molecular formula is C14H19BrN4O2. The van der Waals surface area contributed by atoms with Crippen molar-refractivity contribution in [2.24, 2.45) is 0 Å². The van der Waals surface area contributed by atoms with Gasteiger partial charge >= 0.3 is 0 Å². The van der Waals surface area contributed by atoms with Gasteiger partial charge in [-0.05, 0) is 34.1 Å². The monoisotopic (exact) mass is 354 g/mol. The summed E-state index contributed by atoms with van der Waals surface area (Å²) >= 11 is 3.35. The van der Waals surface area contributed by atoms with Gasteiger partial charge in [0, 0.05) is 36.8 Å². The number of nitrogens with one attached hydrogen (secondary N) is 1. The fourth-order valence-corrected chi connectivity index (χ4v) is 2.22. The van der Waals surface area contributed by atoms with E-state index < -0.39 is 0 Å². The van der Waals surface area contributed by atoms with Gasteiger partial charge in [-0.1, -0.05) is 0 Å². The van der Waals surface area contributed by atoms with Crippen molar-refractivity contribution in [2.75, 3.05) is 44.4 Å². The molecule has 0 saturated heterocycles. The lowest BCUT2D eigenvalue weighted by Gasteiger charge is -2.20. The molecule has 7 heteroatoms.